The molecule has 7 nitrogen and oxygen atoms in total. The Morgan fingerprint density at radius 2 is 1.89 bits per heavy atom. The van der Waals surface area contributed by atoms with Gasteiger partial charge < -0.3 is 10.3 Å². The van der Waals surface area contributed by atoms with E-state index in [1.165, 1.54) is 25.5 Å². The molecule has 4 saturated carbocycles. The van der Waals surface area contributed by atoms with Crippen molar-refractivity contribution in [1.29, 1.82) is 0 Å². The molecular formula is C20H25N5O2. The lowest BCUT2D eigenvalue weighted by molar-refractivity contribution is -0.00953. The highest BCUT2D eigenvalue weighted by atomic mass is 16.2. The van der Waals surface area contributed by atoms with Crippen LogP contribution in [0.3, 0.4) is 0 Å². The minimum atomic E-state index is -0.415. The molecule has 142 valence electrons. The molecule has 0 atom stereocenters. The van der Waals surface area contributed by atoms with Crippen LogP contribution in [0.5, 0.6) is 0 Å². The fraction of sp³-hybridized carbons (Fsp3) is 0.600. The van der Waals surface area contributed by atoms with E-state index in [2.05, 4.69) is 25.5 Å². The van der Waals surface area contributed by atoms with Crippen LogP contribution in [0.4, 0.5) is 0 Å². The summed E-state index contributed by atoms with van der Waals surface area (Å²) in [5.74, 6) is 2.72. The first-order valence-electron chi connectivity index (χ1n) is 9.90. The van der Waals surface area contributed by atoms with Gasteiger partial charge in [-0.2, -0.15) is 5.10 Å². The third-order valence-electron chi connectivity index (χ3n) is 6.77. The van der Waals surface area contributed by atoms with Gasteiger partial charge in [0.25, 0.3) is 11.5 Å². The second-order valence-corrected chi connectivity index (χ2v) is 8.90. The first kappa shape index (κ1) is 16.7. The van der Waals surface area contributed by atoms with Crippen LogP contribution in [-0.2, 0) is 12.0 Å². The summed E-state index contributed by atoms with van der Waals surface area (Å²) in [5, 5.41) is 9.66. The van der Waals surface area contributed by atoms with E-state index >= 15 is 0 Å². The van der Waals surface area contributed by atoms with E-state index in [1.54, 1.807) is 0 Å². The van der Waals surface area contributed by atoms with Crippen molar-refractivity contribution in [2.45, 2.75) is 57.4 Å². The van der Waals surface area contributed by atoms with Crippen molar-refractivity contribution >= 4 is 5.91 Å². The summed E-state index contributed by atoms with van der Waals surface area (Å²) in [6, 6.07) is 1.86. The maximum absolute atomic E-state index is 12.6. The highest BCUT2D eigenvalue weighted by Crippen LogP contribution is 2.59. The Labute approximate surface area is 157 Å². The van der Waals surface area contributed by atoms with Crippen molar-refractivity contribution in [2.75, 3.05) is 0 Å². The van der Waals surface area contributed by atoms with Crippen LogP contribution in [0.15, 0.2) is 17.1 Å². The number of hydrogen-bond acceptors (Lipinski definition) is 4. The molecule has 2 heterocycles. The number of H-pyrrole nitrogens is 2. The highest BCUT2D eigenvalue weighted by molar-refractivity contribution is 5.93. The van der Waals surface area contributed by atoms with Gasteiger partial charge in [0.05, 0.1) is 12.2 Å². The molecule has 0 aromatic carbocycles. The van der Waals surface area contributed by atoms with Crippen molar-refractivity contribution in [3.8, 4) is 0 Å². The van der Waals surface area contributed by atoms with E-state index in [1.807, 2.05) is 13.0 Å². The predicted octanol–water partition coefficient (Wildman–Crippen LogP) is 2.20. The molecule has 4 fully saturated rings. The van der Waals surface area contributed by atoms with Crippen molar-refractivity contribution in [3.63, 3.8) is 0 Å². The van der Waals surface area contributed by atoms with E-state index in [-0.39, 0.29) is 23.1 Å². The standard InChI is InChI=1S/C20H25N5O2/c1-11-2-15(25-24-11)9-21-17(26)16-10-22-19(23-18(16)27)20-6-12-3-13(7-20)5-14(4-12)8-20/h2,10,12-14H,3-9H2,1H3,(H,21,26)(H,24,25)(H,22,23,27). The first-order chi connectivity index (χ1) is 13.0. The van der Waals surface area contributed by atoms with Crippen LogP contribution in [0, 0.1) is 24.7 Å². The lowest BCUT2D eigenvalue weighted by atomic mass is 9.49. The number of nitrogens with one attached hydrogen (secondary N) is 3. The lowest BCUT2D eigenvalue weighted by Gasteiger charge is -2.56. The largest absolute Gasteiger partial charge is 0.346 e. The number of aromatic nitrogens is 4. The van der Waals surface area contributed by atoms with Crippen LogP contribution >= 0.6 is 0 Å². The van der Waals surface area contributed by atoms with Crippen LogP contribution < -0.4 is 10.9 Å². The maximum atomic E-state index is 12.6. The van der Waals surface area contributed by atoms with Gasteiger partial charge in [0.15, 0.2) is 0 Å². The summed E-state index contributed by atoms with van der Waals surface area (Å²) in [6.45, 7) is 2.18. The monoisotopic (exact) mass is 367 g/mol. The molecule has 0 spiro atoms. The van der Waals surface area contributed by atoms with E-state index in [4.69, 9.17) is 0 Å². The predicted molar refractivity (Wildman–Crippen MR) is 99.2 cm³/mol. The Kier molecular flexibility index (Phi) is 3.74. The third-order valence-corrected chi connectivity index (χ3v) is 6.77. The van der Waals surface area contributed by atoms with E-state index in [0.717, 1.165) is 54.2 Å². The number of hydrogen-bond donors (Lipinski definition) is 3. The normalized spacial score (nSPS) is 31.2. The second-order valence-electron chi connectivity index (χ2n) is 8.90. The number of amides is 1. The molecule has 7 heteroatoms. The zero-order valence-corrected chi connectivity index (χ0v) is 15.5. The van der Waals surface area contributed by atoms with Gasteiger partial charge in [0, 0.05) is 17.3 Å². The van der Waals surface area contributed by atoms with Gasteiger partial charge in [-0.3, -0.25) is 14.7 Å². The van der Waals surface area contributed by atoms with E-state index in [9.17, 15) is 9.59 Å². The molecule has 0 radical (unpaired) electrons. The Hall–Kier alpha value is -2.44. The molecule has 0 unspecified atom stereocenters. The highest BCUT2D eigenvalue weighted by Gasteiger charge is 2.52. The van der Waals surface area contributed by atoms with Gasteiger partial charge in [-0.15, -0.1) is 0 Å². The average Bonchev–Trinajstić information content (AvgIpc) is 3.04. The average molecular weight is 367 g/mol. The number of carbonyl (C=O) groups is 1. The van der Waals surface area contributed by atoms with Gasteiger partial charge in [-0.1, -0.05) is 0 Å². The van der Waals surface area contributed by atoms with E-state index < -0.39 is 5.91 Å². The number of rotatable bonds is 4. The Bertz CT molecular complexity index is 909. The zero-order valence-electron chi connectivity index (χ0n) is 15.5. The number of aryl methyl sites for hydroxylation is 1. The molecular weight excluding hydrogens is 342 g/mol. The quantitative estimate of drug-likeness (QED) is 0.771. The van der Waals surface area contributed by atoms with Gasteiger partial charge >= 0.3 is 0 Å². The summed E-state index contributed by atoms with van der Waals surface area (Å²) in [7, 11) is 0. The zero-order chi connectivity index (χ0) is 18.6. The van der Waals surface area contributed by atoms with Gasteiger partial charge in [0.1, 0.15) is 11.4 Å². The summed E-state index contributed by atoms with van der Waals surface area (Å²) in [6.07, 6.45) is 8.88. The Morgan fingerprint density at radius 3 is 2.44 bits per heavy atom. The Balaban J connectivity index is 1.35. The molecule has 4 aliphatic carbocycles. The molecule has 3 N–H and O–H groups in total. The van der Waals surface area contributed by atoms with Gasteiger partial charge in [0.2, 0.25) is 0 Å². The number of nitrogens with zero attached hydrogens (tertiary/aromatic N) is 2. The second kappa shape index (κ2) is 6.04. The van der Waals surface area contributed by atoms with Crippen LogP contribution in [0.2, 0.25) is 0 Å². The fourth-order valence-electron chi connectivity index (χ4n) is 6.06. The third kappa shape index (κ3) is 2.89. The lowest BCUT2D eigenvalue weighted by Crippen LogP contribution is -2.50. The maximum Gasteiger partial charge on any atom is 0.263 e. The summed E-state index contributed by atoms with van der Waals surface area (Å²) in [5.41, 5.74) is 1.41. The molecule has 0 aliphatic heterocycles. The Morgan fingerprint density at radius 1 is 1.22 bits per heavy atom. The molecule has 4 aliphatic rings. The number of carbonyl (C=O) groups excluding carboxylic acids is 1. The molecule has 6 rings (SSSR count). The van der Waals surface area contributed by atoms with Crippen molar-refractivity contribution in [3.05, 3.63) is 45.4 Å². The number of aromatic amines is 2. The van der Waals surface area contributed by atoms with Gasteiger partial charge in [-0.25, -0.2) is 4.98 Å². The summed E-state index contributed by atoms with van der Waals surface area (Å²) >= 11 is 0. The van der Waals surface area contributed by atoms with Gasteiger partial charge in [-0.05, 0) is 69.3 Å². The summed E-state index contributed by atoms with van der Waals surface area (Å²) < 4.78 is 0. The minimum absolute atomic E-state index is 0.0233. The minimum Gasteiger partial charge on any atom is -0.346 e. The SMILES string of the molecule is Cc1cc(CNC(=O)c2cnc(C34CC5CC(CC(C5)C3)C4)[nH]c2=O)n[nH]1. The molecule has 2 aromatic heterocycles. The van der Waals surface area contributed by atoms with E-state index in [0.29, 0.717) is 0 Å². The van der Waals surface area contributed by atoms with Crippen molar-refractivity contribution < 1.29 is 4.79 Å². The summed E-state index contributed by atoms with van der Waals surface area (Å²) in [4.78, 5) is 32.5. The molecule has 0 saturated heterocycles. The van der Waals surface area contributed by atoms with Crippen molar-refractivity contribution in [1.82, 2.24) is 25.5 Å². The molecule has 2 aromatic rings. The first-order valence-corrected chi connectivity index (χ1v) is 9.90. The fourth-order valence-corrected chi connectivity index (χ4v) is 6.06. The van der Waals surface area contributed by atoms with Crippen LogP contribution in [0.1, 0.15) is 66.1 Å². The smallest absolute Gasteiger partial charge is 0.263 e. The van der Waals surface area contributed by atoms with Crippen LogP contribution in [-0.4, -0.2) is 26.1 Å². The van der Waals surface area contributed by atoms with Crippen LogP contribution in [0.25, 0.3) is 0 Å². The molecule has 4 bridgehead atoms. The molecule has 1 amide bonds. The van der Waals surface area contributed by atoms with Crippen molar-refractivity contribution in [2.24, 2.45) is 17.8 Å². The topological polar surface area (TPSA) is 104 Å². The molecule has 27 heavy (non-hydrogen) atoms.